The average Bonchev–Trinajstić information content (AvgIpc) is 3.15. The molecule has 1 aromatic heterocycles. The molecule has 1 aliphatic carbocycles. The summed E-state index contributed by atoms with van der Waals surface area (Å²) >= 11 is 6.24. The highest BCUT2D eigenvalue weighted by Gasteiger charge is 2.31. The van der Waals surface area contributed by atoms with Gasteiger partial charge in [-0.2, -0.15) is 4.98 Å². The van der Waals surface area contributed by atoms with Crippen molar-refractivity contribution in [1.29, 1.82) is 0 Å². The topological polar surface area (TPSA) is 41.1 Å². The fourth-order valence-corrected chi connectivity index (χ4v) is 2.12. The summed E-state index contributed by atoms with van der Waals surface area (Å²) in [6, 6.07) is 0.612. The molecule has 0 unspecified atom stereocenters. The van der Waals surface area contributed by atoms with Gasteiger partial charge in [0.15, 0.2) is 5.82 Å². The van der Waals surface area contributed by atoms with Crippen LogP contribution in [0.4, 0.5) is 11.8 Å². The molecule has 4 nitrogen and oxygen atoms in total. The van der Waals surface area contributed by atoms with Gasteiger partial charge in [-0.1, -0.05) is 25.4 Å². The summed E-state index contributed by atoms with van der Waals surface area (Å²) in [5, 5.41) is 3.61. The number of halogens is 1. The average molecular weight is 269 g/mol. The lowest BCUT2D eigenvalue weighted by Gasteiger charge is -2.25. The smallest absolute Gasteiger partial charge is 0.224 e. The van der Waals surface area contributed by atoms with E-state index >= 15 is 0 Å². The molecular formula is C13H21ClN4. The second-order valence-electron chi connectivity index (χ2n) is 5.22. The highest BCUT2D eigenvalue weighted by molar-refractivity contribution is 6.32. The quantitative estimate of drug-likeness (QED) is 0.860. The molecule has 0 amide bonds. The van der Waals surface area contributed by atoms with E-state index in [0.717, 1.165) is 18.8 Å². The van der Waals surface area contributed by atoms with Crippen molar-refractivity contribution in [3.8, 4) is 0 Å². The first-order chi connectivity index (χ1) is 8.61. The molecule has 0 aliphatic heterocycles. The second-order valence-corrected chi connectivity index (χ2v) is 5.63. The molecule has 0 spiro atoms. The van der Waals surface area contributed by atoms with Gasteiger partial charge in [0.2, 0.25) is 5.95 Å². The van der Waals surface area contributed by atoms with Crippen LogP contribution in [-0.4, -0.2) is 29.6 Å². The molecule has 0 atom stereocenters. The van der Waals surface area contributed by atoms with Crippen LogP contribution < -0.4 is 10.2 Å². The molecule has 0 saturated heterocycles. The van der Waals surface area contributed by atoms with Crippen LogP contribution in [0.15, 0.2) is 6.20 Å². The summed E-state index contributed by atoms with van der Waals surface area (Å²) in [4.78, 5) is 11.0. The van der Waals surface area contributed by atoms with Crippen LogP contribution in [0.3, 0.4) is 0 Å². The van der Waals surface area contributed by atoms with Gasteiger partial charge >= 0.3 is 0 Å². The highest BCUT2D eigenvalue weighted by atomic mass is 35.5. The van der Waals surface area contributed by atoms with E-state index in [2.05, 4.69) is 34.0 Å². The fourth-order valence-electron chi connectivity index (χ4n) is 1.92. The molecule has 18 heavy (non-hydrogen) atoms. The van der Waals surface area contributed by atoms with E-state index in [4.69, 9.17) is 11.6 Å². The predicted molar refractivity (Wildman–Crippen MR) is 76.4 cm³/mol. The number of nitrogens with zero attached hydrogens (tertiary/aromatic N) is 3. The summed E-state index contributed by atoms with van der Waals surface area (Å²) < 4.78 is 0. The van der Waals surface area contributed by atoms with Crippen LogP contribution in [0.5, 0.6) is 0 Å². The maximum Gasteiger partial charge on any atom is 0.224 e. The van der Waals surface area contributed by atoms with Crippen molar-refractivity contribution in [2.75, 3.05) is 23.8 Å². The lowest BCUT2D eigenvalue weighted by Crippen LogP contribution is -2.29. The van der Waals surface area contributed by atoms with Crippen molar-refractivity contribution in [2.24, 2.45) is 5.92 Å². The summed E-state index contributed by atoms with van der Waals surface area (Å²) in [7, 11) is 1.82. The number of hydrogen-bond donors (Lipinski definition) is 1. The van der Waals surface area contributed by atoms with Crippen molar-refractivity contribution in [2.45, 2.75) is 39.2 Å². The Hall–Kier alpha value is -1.03. The molecule has 0 bridgehead atoms. The molecule has 2 rings (SSSR count). The Balaban J connectivity index is 2.18. The van der Waals surface area contributed by atoms with Crippen LogP contribution in [0, 0.1) is 5.92 Å². The Kier molecular flexibility index (Phi) is 4.27. The molecular weight excluding hydrogens is 248 g/mol. The first kappa shape index (κ1) is 13.4. The molecule has 1 saturated carbocycles. The summed E-state index contributed by atoms with van der Waals surface area (Å²) in [5.74, 6) is 2.19. The van der Waals surface area contributed by atoms with Crippen molar-refractivity contribution in [3.05, 3.63) is 11.2 Å². The number of hydrogen-bond acceptors (Lipinski definition) is 4. The highest BCUT2D eigenvalue weighted by Crippen LogP contribution is 2.34. The Morgan fingerprint density at radius 2 is 2.22 bits per heavy atom. The molecule has 100 valence electrons. The lowest BCUT2D eigenvalue weighted by molar-refractivity contribution is 0.568. The molecule has 1 fully saturated rings. The van der Waals surface area contributed by atoms with Crippen LogP contribution in [0.2, 0.25) is 5.02 Å². The molecule has 1 N–H and O–H groups in total. The van der Waals surface area contributed by atoms with E-state index in [-0.39, 0.29) is 0 Å². The molecule has 1 heterocycles. The summed E-state index contributed by atoms with van der Waals surface area (Å²) in [5.41, 5.74) is 0. The SMILES string of the molecule is CNc1ncc(Cl)c(N(CCC(C)C)C2CC2)n1. The third-order valence-corrected chi connectivity index (χ3v) is 3.42. The van der Waals surface area contributed by atoms with E-state index in [1.807, 2.05) is 7.05 Å². The minimum atomic E-state index is 0.612. The first-order valence-electron chi connectivity index (χ1n) is 6.58. The summed E-state index contributed by atoms with van der Waals surface area (Å²) in [6.45, 7) is 5.50. The van der Waals surface area contributed by atoms with Crippen LogP contribution in [0.25, 0.3) is 0 Å². The van der Waals surface area contributed by atoms with Gasteiger partial charge in [-0.25, -0.2) is 4.98 Å². The van der Waals surface area contributed by atoms with Gasteiger partial charge in [-0.3, -0.25) is 0 Å². The number of rotatable bonds is 6. The van der Waals surface area contributed by atoms with Crippen LogP contribution in [-0.2, 0) is 0 Å². The molecule has 5 heteroatoms. The molecule has 0 aromatic carbocycles. The van der Waals surface area contributed by atoms with Crippen LogP contribution >= 0.6 is 11.6 Å². The second kappa shape index (κ2) is 5.74. The Bertz CT molecular complexity index is 404. The van der Waals surface area contributed by atoms with E-state index < -0.39 is 0 Å². The van der Waals surface area contributed by atoms with Gasteiger partial charge in [-0.15, -0.1) is 0 Å². The van der Waals surface area contributed by atoms with Gasteiger partial charge in [0, 0.05) is 19.6 Å². The van der Waals surface area contributed by atoms with Gasteiger partial charge < -0.3 is 10.2 Å². The molecule has 0 radical (unpaired) electrons. The van der Waals surface area contributed by atoms with E-state index in [1.54, 1.807) is 6.20 Å². The van der Waals surface area contributed by atoms with E-state index in [0.29, 0.717) is 22.9 Å². The van der Waals surface area contributed by atoms with Gasteiger partial charge in [0.1, 0.15) is 5.02 Å². The third-order valence-electron chi connectivity index (χ3n) is 3.16. The Morgan fingerprint density at radius 3 is 2.78 bits per heavy atom. The largest absolute Gasteiger partial charge is 0.357 e. The minimum Gasteiger partial charge on any atom is -0.357 e. The van der Waals surface area contributed by atoms with Crippen LogP contribution in [0.1, 0.15) is 33.1 Å². The summed E-state index contributed by atoms with van der Waals surface area (Å²) in [6.07, 6.45) is 5.33. The number of aromatic nitrogens is 2. The number of nitrogens with one attached hydrogen (secondary N) is 1. The predicted octanol–water partition coefficient (Wildman–Crippen LogP) is 3.19. The maximum absolute atomic E-state index is 6.24. The Labute approximate surface area is 114 Å². The van der Waals surface area contributed by atoms with Gasteiger partial charge in [0.05, 0.1) is 6.20 Å². The molecule has 1 aromatic rings. The van der Waals surface area contributed by atoms with Gasteiger partial charge in [-0.05, 0) is 25.2 Å². The van der Waals surface area contributed by atoms with Crippen molar-refractivity contribution in [3.63, 3.8) is 0 Å². The zero-order valence-corrected chi connectivity index (χ0v) is 12.0. The fraction of sp³-hybridized carbons (Fsp3) is 0.692. The normalized spacial score (nSPS) is 14.9. The van der Waals surface area contributed by atoms with E-state index in [1.165, 1.54) is 12.8 Å². The zero-order chi connectivity index (χ0) is 13.1. The Morgan fingerprint density at radius 1 is 1.50 bits per heavy atom. The third kappa shape index (κ3) is 3.25. The first-order valence-corrected chi connectivity index (χ1v) is 6.96. The standard InChI is InChI=1S/C13H21ClN4/c1-9(2)6-7-18(10-4-5-10)12-11(14)8-16-13(15-3)17-12/h8-10H,4-7H2,1-3H3,(H,15,16,17). The van der Waals surface area contributed by atoms with E-state index in [9.17, 15) is 0 Å². The molecule has 1 aliphatic rings. The number of anilines is 2. The monoisotopic (exact) mass is 268 g/mol. The van der Waals surface area contributed by atoms with Crippen molar-refractivity contribution < 1.29 is 0 Å². The maximum atomic E-state index is 6.24. The zero-order valence-electron chi connectivity index (χ0n) is 11.3. The van der Waals surface area contributed by atoms with Gasteiger partial charge in [0.25, 0.3) is 0 Å². The van der Waals surface area contributed by atoms with Crippen molar-refractivity contribution >= 4 is 23.4 Å². The van der Waals surface area contributed by atoms with Crippen molar-refractivity contribution in [1.82, 2.24) is 9.97 Å². The lowest BCUT2D eigenvalue weighted by atomic mass is 10.1. The minimum absolute atomic E-state index is 0.612.